The largest absolute Gasteiger partial charge is 0.378 e. The first-order valence-corrected chi connectivity index (χ1v) is 7.70. The number of ether oxygens (including phenoxy) is 3. The predicted molar refractivity (Wildman–Crippen MR) is 76.6 cm³/mol. The van der Waals surface area contributed by atoms with Crippen LogP contribution >= 0.6 is 0 Å². The molecule has 0 aliphatic rings. The van der Waals surface area contributed by atoms with Crippen LogP contribution in [-0.4, -0.2) is 43.9 Å². The first-order chi connectivity index (χ1) is 8.70. The molecule has 18 heavy (non-hydrogen) atoms. The van der Waals surface area contributed by atoms with Gasteiger partial charge in [-0.3, -0.25) is 0 Å². The van der Waals surface area contributed by atoms with Crippen LogP contribution in [0.25, 0.3) is 0 Å². The Morgan fingerprint density at radius 3 is 1.94 bits per heavy atom. The zero-order chi connectivity index (χ0) is 13.9. The zero-order valence-corrected chi connectivity index (χ0v) is 14.7. The average Bonchev–Trinajstić information content (AvgIpc) is 2.42. The number of unbranched alkanes of at least 4 members (excludes halogenated alkanes) is 5. The molecule has 0 heterocycles. The van der Waals surface area contributed by atoms with E-state index in [1.54, 1.807) is 21.3 Å². The van der Waals surface area contributed by atoms with Crippen LogP contribution in [-0.2, 0) is 18.6 Å². The van der Waals surface area contributed by atoms with Gasteiger partial charge in [0.05, 0.1) is 0 Å². The lowest BCUT2D eigenvalue weighted by molar-refractivity contribution is -0.365. The summed E-state index contributed by atoms with van der Waals surface area (Å²) in [6, 6.07) is 0. The summed E-state index contributed by atoms with van der Waals surface area (Å²) in [6.07, 6.45) is 8.29. The van der Waals surface area contributed by atoms with E-state index in [-0.39, 0.29) is 6.10 Å². The molecule has 0 aromatic rings. The normalized spacial score (nSPS) is 14.0. The van der Waals surface area contributed by atoms with Crippen LogP contribution < -0.4 is 0 Å². The van der Waals surface area contributed by atoms with Crippen molar-refractivity contribution in [1.29, 1.82) is 0 Å². The van der Waals surface area contributed by atoms with Gasteiger partial charge in [-0.25, -0.2) is 0 Å². The zero-order valence-electron chi connectivity index (χ0n) is 12.7. The van der Waals surface area contributed by atoms with Crippen molar-refractivity contribution in [2.24, 2.45) is 0 Å². The first-order valence-electron chi connectivity index (χ1n) is 6.89. The Kier molecular flexibility index (Phi) is 11.0. The predicted octanol–water partition coefficient (Wildman–Crippen LogP) is 2.00. The molecule has 4 nitrogen and oxygen atoms in total. The van der Waals surface area contributed by atoms with Crippen molar-refractivity contribution in [3.8, 4) is 0 Å². The highest BCUT2D eigenvalue weighted by molar-refractivity contribution is 5.98. The minimum absolute atomic E-state index is 0.170. The maximum absolute atomic E-state index is 5.46. The third-order valence-corrected chi connectivity index (χ3v) is 3.92. The Hall–Kier alpha value is 0.0569. The highest BCUT2D eigenvalue weighted by Crippen LogP contribution is 2.24. The van der Waals surface area contributed by atoms with Gasteiger partial charge in [-0.15, -0.1) is 0 Å². The van der Waals surface area contributed by atoms with Crippen LogP contribution in [0.3, 0.4) is 0 Å². The van der Waals surface area contributed by atoms with Gasteiger partial charge >= 0.3 is 0 Å². The molecule has 0 aliphatic carbocycles. The van der Waals surface area contributed by atoms with Crippen molar-refractivity contribution in [2.75, 3.05) is 21.3 Å². The quantitative estimate of drug-likeness (QED) is 0.311. The second-order valence-electron chi connectivity index (χ2n) is 4.50. The molecule has 5 heteroatoms. The van der Waals surface area contributed by atoms with E-state index in [1.165, 1.54) is 32.1 Å². The van der Waals surface area contributed by atoms with E-state index in [9.17, 15) is 0 Å². The van der Waals surface area contributed by atoms with Crippen molar-refractivity contribution in [3.05, 3.63) is 0 Å². The number of hydrogen-bond donors (Lipinski definition) is 0. The fourth-order valence-corrected chi connectivity index (χ4v) is 2.79. The molecule has 0 bridgehead atoms. The summed E-state index contributed by atoms with van der Waals surface area (Å²) in [5.74, 6) is -1.02. The Bertz CT molecular complexity index is 178. The van der Waals surface area contributed by atoms with E-state index in [1.807, 2.05) is 0 Å². The van der Waals surface area contributed by atoms with Gasteiger partial charge in [0, 0.05) is 21.3 Å². The molecule has 0 amide bonds. The Balaban J connectivity index is 4.01. The van der Waals surface area contributed by atoms with Gasteiger partial charge in [0.2, 0.25) is 0 Å². The summed E-state index contributed by atoms with van der Waals surface area (Å²) in [7, 11) is 5.41. The topological polar surface area (TPSA) is 36.9 Å². The third kappa shape index (κ3) is 5.80. The van der Waals surface area contributed by atoms with E-state index >= 15 is 0 Å². The molecule has 0 saturated carbocycles. The minimum Gasteiger partial charge on any atom is -0.378 e. The van der Waals surface area contributed by atoms with Gasteiger partial charge in [0.1, 0.15) is 6.10 Å². The van der Waals surface area contributed by atoms with E-state index in [4.69, 9.17) is 18.6 Å². The first kappa shape index (κ1) is 18.1. The summed E-state index contributed by atoms with van der Waals surface area (Å²) in [5.41, 5.74) is 0. The molecular weight excluding hydrogens is 248 g/mol. The fourth-order valence-electron chi connectivity index (χ4n) is 2.19. The molecule has 0 aromatic carbocycles. The second-order valence-corrected chi connectivity index (χ2v) is 4.90. The summed E-state index contributed by atoms with van der Waals surface area (Å²) in [4.78, 5) is 0. The number of rotatable bonds is 12. The van der Waals surface area contributed by atoms with E-state index < -0.39 is 5.97 Å². The minimum atomic E-state index is -1.02. The summed E-state index contributed by atoms with van der Waals surface area (Å²) >= 11 is 0. The van der Waals surface area contributed by atoms with Crippen LogP contribution in [0.5, 0.6) is 0 Å². The number of hydrogen-bond acceptors (Lipinski definition) is 4. The molecule has 0 N–H and O–H groups in total. The standard InChI is InChI=1S/C13H30O4Si/c1-5-6-7-8-9-10-11-12(14-2)13(15-3,16-4)17-18/h12H,5-11H2,1-4,18H3. The van der Waals surface area contributed by atoms with Crippen molar-refractivity contribution < 1.29 is 18.6 Å². The molecule has 0 fully saturated rings. The summed E-state index contributed by atoms with van der Waals surface area (Å²) in [5, 5.41) is 0. The molecule has 0 saturated heterocycles. The lowest BCUT2D eigenvalue weighted by Crippen LogP contribution is -2.49. The van der Waals surface area contributed by atoms with Crippen LogP contribution in [0.15, 0.2) is 0 Å². The Labute approximate surface area is 115 Å². The Morgan fingerprint density at radius 2 is 1.50 bits per heavy atom. The van der Waals surface area contributed by atoms with E-state index in [0.717, 1.165) is 12.8 Å². The SMILES string of the molecule is CCCCCCCCC(OC)C(OC)(OC)O[SiH3]. The lowest BCUT2D eigenvalue weighted by Gasteiger charge is -2.35. The summed E-state index contributed by atoms with van der Waals surface area (Å²) in [6.45, 7) is 2.23. The van der Waals surface area contributed by atoms with Crippen LogP contribution in [0, 0.1) is 0 Å². The van der Waals surface area contributed by atoms with Crippen molar-refractivity contribution in [1.82, 2.24) is 0 Å². The van der Waals surface area contributed by atoms with Gasteiger partial charge in [0.15, 0.2) is 10.5 Å². The molecule has 110 valence electrons. The molecular formula is C13H30O4Si. The molecule has 1 unspecified atom stereocenters. The fraction of sp³-hybridized carbons (Fsp3) is 1.00. The lowest BCUT2D eigenvalue weighted by atomic mass is 10.1. The van der Waals surface area contributed by atoms with Crippen LogP contribution in [0.4, 0.5) is 0 Å². The summed E-state index contributed by atoms with van der Waals surface area (Å²) < 4.78 is 21.6. The molecule has 1 atom stereocenters. The van der Waals surface area contributed by atoms with E-state index in [0.29, 0.717) is 10.5 Å². The van der Waals surface area contributed by atoms with Gasteiger partial charge in [0.25, 0.3) is 5.97 Å². The van der Waals surface area contributed by atoms with Crippen molar-refractivity contribution >= 4 is 10.5 Å². The third-order valence-electron chi connectivity index (χ3n) is 3.35. The Morgan fingerprint density at radius 1 is 0.944 bits per heavy atom. The van der Waals surface area contributed by atoms with E-state index in [2.05, 4.69) is 6.92 Å². The molecule has 0 aromatic heterocycles. The van der Waals surface area contributed by atoms with Gasteiger partial charge in [-0.2, -0.15) is 0 Å². The molecule has 0 rings (SSSR count). The molecule has 0 radical (unpaired) electrons. The monoisotopic (exact) mass is 278 g/mol. The average molecular weight is 278 g/mol. The highest BCUT2D eigenvalue weighted by atomic mass is 28.2. The molecule has 0 aliphatic heterocycles. The maximum Gasteiger partial charge on any atom is 0.300 e. The van der Waals surface area contributed by atoms with Gasteiger partial charge in [-0.1, -0.05) is 45.4 Å². The van der Waals surface area contributed by atoms with Gasteiger partial charge < -0.3 is 18.6 Å². The van der Waals surface area contributed by atoms with Crippen molar-refractivity contribution in [3.63, 3.8) is 0 Å². The van der Waals surface area contributed by atoms with Crippen LogP contribution in [0.1, 0.15) is 51.9 Å². The highest BCUT2D eigenvalue weighted by Gasteiger charge is 2.39. The van der Waals surface area contributed by atoms with Gasteiger partial charge in [-0.05, 0) is 6.42 Å². The second kappa shape index (κ2) is 10.9. The number of methoxy groups -OCH3 is 3. The van der Waals surface area contributed by atoms with Crippen molar-refractivity contribution in [2.45, 2.75) is 63.9 Å². The van der Waals surface area contributed by atoms with Crippen LogP contribution in [0.2, 0.25) is 0 Å². The molecule has 0 spiro atoms. The maximum atomic E-state index is 5.46. The smallest absolute Gasteiger partial charge is 0.300 e.